The molecule has 0 unspecified atom stereocenters. The number of hydrogen-bond donors (Lipinski definition) is 1. The molecule has 29 heavy (non-hydrogen) atoms. The first-order valence-corrected chi connectivity index (χ1v) is 10.1. The number of anilines is 1. The summed E-state index contributed by atoms with van der Waals surface area (Å²) in [6.07, 6.45) is 2.35. The Morgan fingerprint density at radius 1 is 1.17 bits per heavy atom. The van der Waals surface area contributed by atoms with Gasteiger partial charge < -0.3 is 4.74 Å². The molecule has 1 saturated heterocycles. The van der Waals surface area contributed by atoms with Gasteiger partial charge in [0.1, 0.15) is 11.3 Å². The minimum atomic E-state index is -0.807. The molecular formula is C21H18BrClN2O4. The fraction of sp³-hybridized carbons (Fsp3) is 0.190. The summed E-state index contributed by atoms with van der Waals surface area (Å²) in [4.78, 5) is 38.3. The number of benzene rings is 2. The van der Waals surface area contributed by atoms with E-state index in [1.807, 2.05) is 13.8 Å². The summed E-state index contributed by atoms with van der Waals surface area (Å²) in [5, 5.41) is 2.66. The molecule has 1 aliphatic rings. The van der Waals surface area contributed by atoms with E-state index in [4.69, 9.17) is 16.3 Å². The lowest BCUT2D eigenvalue weighted by atomic mass is 10.1. The molecule has 1 fully saturated rings. The largest absolute Gasteiger partial charge is 0.490 e. The van der Waals surface area contributed by atoms with Crippen molar-refractivity contribution in [2.75, 3.05) is 4.90 Å². The first kappa shape index (κ1) is 21.1. The molecule has 0 spiro atoms. The number of carbonyl (C=O) groups is 3. The zero-order chi connectivity index (χ0) is 21.1. The zero-order valence-electron chi connectivity index (χ0n) is 15.7. The van der Waals surface area contributed by atoms with Crippen LogP contribution in [-0.4, -0.2) is 23.9 Å². The maximum Gasteiger partial charge on any atom is 0.335 e. The predicted octanol–water partition coefficient (Wildman–Crippen LogP) is 4.95. The minimum absolute atomic E-state index is 0.0557. The molecule has 1 atom stereocenters. The third-order valence-corrected chi connectivity index (χ3v) is 5.23. The predicted molar refractivity (Wildman–Crippen MR) is 115 cm³/mol. The van der Waals surface area contributed by atoms with E-state index in [2.05, 4.69) is 21.2 Å². The molecule has 1 heterocycles. The van der Waals surface area contributed by atoms with Gasteiger partial charge in [0.05, 0.1) is 16.3 Å². The van der Waals surface area contributed by atoms with Crippen LogP contribution in [-0.2, 0) is 9.59 Å². The Hall–Kier alpha value is -2.64. The number of nitrogens with zero attached hydrogens (tertiary/aromatic N) is 1. The summed E-state index contributed by atoms with van der Waals surface area (Å²) < 4.78 is 6.50. The molecule has 0 aromatic heterocycles. The lowest BCUT2D eigenvalue weighted by Gasteiger charge is -2.26. The summed E-state index contributed by atoms with van der Waals surface area (Å²) in [6, 6.07) is 10.6. The van der Waals surface area contributed by atoms with Crippen molar-refractivity contribution in [3.05, 3.63) is 63.1 Å². The Labute approximate surface area is 181 Å². The molecule has 2 aromatic rings. The van der Waals surface area contributed by atoms with E-state index in [1.165, 1.54) is 18.2 Å². The quantitative estimate of drug-likeness (QED) is 0.488. The van der Waals surface area contributed by atoms with Crippen molar-refractivity contribution in [1.29, 1.82) is 0 Å². The van der Waals surface area contributed by atoms with Crippen LogP contribution >= 0.6 is 27.5 Å². The standard InChI is InChI=1S/C21H18BrClN2O4/c1-3-12(2)29-18-9-4-13(11-17(18)22)10-16-19(26)24-21(28)25(20(16)27)15-7-5-14(23)6-8-15/h4-12H,3H2,1-2H3,(H,24,26,28)/b16-10+/t12-/m0/s1. The third-order valence-electron chi connectivity index (χ3n) is 4.36. The van der Waals surface area contributed by atoms with Crippen LogP contribution in [0.1, 0.15) is 25.8 Å². The number of barbiturate groups is 1. The second-order valence-electron chi connectivity index (χ2n) is 6.46. The maximum atomic E-state index is 12.9. The first-order chi connectivity index (χ1) is 13.8. The average Bonchev–Trinajstić information content (AvgIpc) is 2.68. The number of imide groups is 2. The van der Waals surface area contributed by atoms with Crippen molar-refractivity contribution in [3.8, 4) is 5.75 Å². The van der Waals surface area contributed by atoms with Gasteiger partial charge in [0.25, 0.3) is 11.8 Å². The van der Waals surface area contributed by atoms with E-state index in [-0.39, 0.29) is 11.7 Å². The molecule has 4 amide bonds. The number of halogens is 2. The van der Waals surface area contributed by atoms with Gasteiger partial charge in [-0.1, -0.05) is 24.6 Å². The second-order valence-corrected chi connectivity index (χ2v) is 7.75. The molecular weight excluding hydrogens is 460 g/mol. The highest BCUT2D eigenvalue weighted by Gasteiger charge is 2.36. The fourth-order valence-corrected chi connectivity index (χ4v) is 3.27. The van der Waals surface area contributed by atoms with Crippen molar-refractivity contribution in [2.45, 2.75) is 26.4 Å². The molecule has 0 saturated carbocycles. The second kappa shape index (κ2) is 8.80. The number of nitrogens with one attached hydrogen (secondary N) is 1. The summed E-state index contributed by atoms with van der Waals surface area (Å²) in [6.45, 7) is 3.99. The van der Waals surface area contributed by atoms with Gasteiger partial charge >= 0.3 is 6.03 Å². The van der Waals surface area contributed by atoms with E-state index in [0.29, 0.717) is 26.5 Å². The number of hydrogen-bond acceptors (Lipinski definition) is 4. The fourth-order valence-electron chi connectivity index (χ4n) is 2.65. The summed E-state index contributed by atoms with van der Waals surface area (Å²) in [5.41, 5.74) is 0.771. The van der Waals surface area contributed by atoms with Gasteiger partial charge in [0.2, 0.25) is 0 Å². The Morgan fingerprint density at radius 2 is 1.86 bits per heavy atom. The number of amides is 4. The Kier molecular flexibility index (Phi) is 6.39. The summed E-state index contributed by atoms with van der Waals surface area (Å²) >= 11 is 9.31. The van der Waals surface area contributed by atoms with Crippen LogP contribution in [0.25, 0.3) is 6.08 Å². The maximum absolute atomic E-state index is 12.9. The van der Waals surface area contributed by atoms with Crippen LogP contribution < -0.4 is 15.0 Å². The van der Waals surface area contributed by atoms with Crippen molar-refractivity contribution in [2.24, 2.45) is 0 Å². The van der Waals surface area contributed by atoms with Crippen LogP contribution in [0.5, 0.6) is 5.75 Å². The molecule has 8 heteroatoms. The van der Waals surface area contributed by atoms with Crippen LogP contribution in [0, 0.1) is 0 Å². The van der Waals surface area contributed by atoms with Crippen molar-refractivity contribution in [3.63, 3.8) is 0 Å². The Balaban J connectivity index is 1.92. The van der Waals surface area contributed by atoms with Crippen molar-refractivity contribution >= 4 is 57.1 Å². The molecule has 0 aliphatic carbocycles. The molecule has 1 aliphatic heterocycles. The average molecular weight is 478 g/mol. The highest BCUT2D eigenvalue weighted by atomic mass is 79.9. The van der Waals surface area contributed by atoms with Gasteiger partial charge in [-0.05, 0) is 77.3 Å². The monoisotopic (exact) mass is 476 g/mol. The molecule has 1 N–H and O–H groups in total. The smallest absolute Gasteiger partial charge is 0.335 e. The highest BCUT2D eigenvalue weighted by Crippen LogP contribution is 2.29. The minimum Gasteiger partial charge on any atom is -0.490 e. The van der Waals surface area contributed by atoms with E-state index in [9.17, 15) is 14.4 Å². The molecule has 0 bridgehead atoms. The van der Waals surface area contributed by atoms with E-state index in [0.717, 1.165) is 11.3 Å². The molecule has 3 rings (SSSR count). The molecule has 150 valence electrons. The first-order valence-electron chi connectivity index (χ1n) is 8.93. The van der Waals surface area contributed by atoms with Crippen LogP contribution in [0.4, 0.5) is 10.5 Å². The van der Waals surface area contributed by atoms with Crippen molar-refractivity contribution < 1.29 is 19.1 Å². The molecule has 2 aromatic carbocycles. The van der Waals surface area contributed by atoms with Gasteiger partial charge in [-0.15, -0.1) is 0 Å². The number of urea groups is 1. The number of carbonyl (C=O) groups excluding carboxylic acids is 3. The van der Waals surface area contributed by atoms with Crippen LogP contribution in [0.15, 0.2) is 52.5 Å². The van der Waals surface area contributed by atoms with E-state index >= 15 is 0 Å². The van der Waals surface area contributed by atoms with Gasteiger partial charge in [0, 0.05) is 5.02 Å². The van der Waals surface area contributed by atoms with Gasteiger partial charge in [0.15, 0.2) is 0 Å². The Bertz CT molecular complexity index is 1000. The van der Waals surface area contributed by atoms with Crippen LogP contribution in [0.2, 0.25) is 5.02 Å². The van der Waals surface area contributed by atoms with Gasteiger partial charge in [-0.3, -0.25) is 14.9 Å². The normalized spacial score (nSPS) is 16.8. The highest BCUT2D eigenvalue weighted by molar-refractivity contribution is 9.10. The number of ether oxygens (including phenoxy) is 1. The van der Waals surface area contributed by atoms with E-state index in [1.54, 1.807) is 30.3 Å². The van der Waals surface area contributed by atoms with Crippen LogP contribution in [0.3, 0.4) is 0 Å². The zero-order valence-corrected chi connectivity index (χ0v) is 18.1. The SMILES string of the molecule is CC[C@H](C)Oc1ccc(/C=C2\C(=O)NC(=O)N(c3ccc(Cl)cc3)C2=O)cc1Br. The lowest BCUT2D eigenvalue weighted by molar-refractivity contribution is -0.122. The van der Waals surface area contributed by atoms with Crippen molar-refractivity contribution in [1.82, 2.24) is 5.32 Å². The lowest BCUT2D eigenvalue weighted by Crippen LogP contribution is -2.54. The Morgan fingerprint density at radius 3 is 2.48 bits per heavy atom. The van der Waals surface area contributed by atoms with Gasteiger partial charge in [-0.25, -0.2) is 9.69 Å². The summed E-state index contributed by atoms with van der Waals surface area (Å²) in [5.74, 6) is -0.794. The molecule has 0 radical (unpaired) electrons. The van der Waals surface area contributed by atoms with Gasteiger partial charge in [-0.2, -0.15) is 0 Å². The summed E-state index contributed by atoms with van der Waals surface area (Å²) in [7, 11) is 0. The topological polar surface area (TPSA) is 75.7 Å². The van der Waals surface area contributed by atoms with E-state index < -0.39 is 17.8 Å². The molecule has 6 nitrogen and oxygen atoms in total. The number of rotatable bonds is 5. The third kappa shape index (κ3) is 4.68.